The minimum atomic E-state index is -0.269. The van der Waals surface area contributed by atoms with E-state index in [-0.39, 0.29) is 11.0 Å². The Hall–Kier alpha value is -0.710. The highest BCUT2D eigenvalue weighted by molar-refractivity contribution is 9.18. The first-order valence-corrected chi connectivity index (χ1v) is 5.09. The van der Waals surface area contributed by atoms with Crippen LogP contribution in [-0.4, -0.2) is 17.9 Å². The number of carbonyl (C=O) groups is 1. The van der Waals surface area contributed by atoms with Crippen molar-refractivity contribution in [1.29, 1.82) is 0 Å². The summed E-state index contributed by atoms with van der Waals surface area (Å²) >= 11 is 2.89. The Kier molecular flexibility index (Phi) is 2.96. The number of benzene rings is 1. The zero-order valence-electron chi connectivity index (χ0n) is 7.40. The number of ether oxygens (including phenoxy) is 2. The van der Waals surface area contributed by atoms with Gasteiger partial charge in [0.2, 0.25) is 4.69 Å². The fraction of sp³-hybridized carbons (Fsp3) is 0.300. The topological polar surface area (TPSA) is 35.5 Å². The van der Waals surface area contributed by atoms with E-state index in [2.05, 4.69) is 15.9 Å². The SMILES string of the molecule is O=C(Br)c1ccc(C2OCCO2)cc1. The molecule has 0 atom stereocenters. The summed E-state index contributed by atoms with van der Waals surface area (Å²) in [6, 6.07) is 7.17. The first-order valence-electron chi connectivity index (χ1n) is 4.30. The number of hydrogen-bond acceptors (Lipinski definition) is 3. The second kappa shape index (κ2) is 4.21. The standard InChI is InChI=1S/C10H9BrO3/c11-9(12)7-1-3-8(4-2-7)10-13-5-6-14-10/h1-4,10H,5-6H2. The van der Waals surface area contributed by atoms with Gasteiger partial charge < -0.3 is 9.47 Å². The molecule has 1 saturated heterocycles. The van der Waals surface area contributed by atoms with E-state index in [1.54, 1.807) is 12.1 Å². The molecule has 1 aromatic rings. The molecule has 1 aliphatic rings. The molecule has 0 saturated carbocycles. The average Bonchev–Trinajstić information content (AvgIpc) is 2.71. The Morgan fingerprint density at radius 2 is 1.79 bits per heavy atom. The zero-order valence-corrected chi connectivity index (χ0v) is 8.99. The average molecular weight is 257 g/mol. The predicted molar refractivity (Wildman–Crippen MR) is 54.3 cm³/mol. The molecule has 2 rings (SSSR count). The lowest BCUT2D eigenvalue weighted by Gasteiger charge is -2.08. The zero-order chi connectivity index (χ0) is 9.97. The van der Waals surface area contributed by atoms with E-state index in [1.165, 1.54) is 0 Å². The molecule has 14 heavy (non-hydrogen) atoms. The Bertz CT molecular complexity index is 328. The van der Waals surface area contributed by atoms with Crippen molar-refractivity contribution in [2.75, 3.05) is 13.2 Å². The summed E-state index contributed by atoms with van der Waals surface area (Å²) in [4.78, 5) is 10.9. The van der Waals surface area contributed by atoms with Gasteiger partial charge in [0.25, 0.3) is 0 Å². The molecule has 3 nitrogen and oxygen atoms in total. The Balaban J connectivity index is 2.16. The van der Waals surface area contributed by atoms with Crippen molar-refractivity contribution >= 4 is 20.6 Å². The molecule has 1 aromatic carbocycles. The van der Waals surface area contributed by atoms with E-state index in [4.69, 9.17) is 9.47 Å². The van der Waals surface area contributed by atoms with Crippen LogP contribution in [0.1, 0.15) is 22.2 Å². The number of halogens is 1. The van der Waals surface area contributed by atoms with Gasteiger partial charge in [-0.1, -0.05) is 24.3 Å². The van der Waals surface area contributed by atoms with Gasteiger partial charge >= 0.3 is 0 Å². The van der Waals surface area contributed by atoms with Crippen LogP contribution in [0.5, 0.6) is 0 Å². The fourth-order valence-corrected chi connectivity index (χ4v) is 1.59. The van der Waals surface area contributed by atoms with Crippen LogP contribution in [0.25, 0.3) is 0 Å². The summed E-state index contributed by atoms with van der Waals surface area (Å²) < 4.78 is 10.5. The fourth-order valence-electron chi connectivity index (χ4n) is 1.32. The van der Waals surface area contributed by atoms with Gasteiger partial charge in [-0.2, -0.15) is 0 Å². The van der Waals surface area contributed by atoms with Crippen molar-refractivity contribution in [2.45, 2.75) is 6.29 Å². The van der Waals surface area contributed by atoms with Crippen molar-refractivity contribution in [3.63, 3.8) is 0 Å². The van der Waals surface area contributed by atoms with Gasteiger partial charge in [0.1, 0.15) is 0 Å². The Labute approximate surface area is 90.1 Å². The maximum absolute atomic E-state index is 10.9. The molecule has 0 aliphatic carbocycles. The van der Waals surface area contributed by atoms with Crippen molar-refractivity contribution in [1.82, 2.24) is 0 Å². The normalized spacial score (nSPS) is 17.2. The summed E-state index contributed by atoms with van der Waals surface area (Å²) in [5.74, 6) is 0. The summed E-state index contributed by atoms with van der Waals surface area (Å²) in [5, 5.41) is 0. The highest BCUT2D eigenvalue weighted by Crippen LogP contribution is 2.23. The Morgan fingerprint density at radius 3 is 2.29 bits per heavy atom. The van der Waals surface area contributed by atoms with Crippen LogP contribution in [0.2, 0.25) is 0 Å². The maximum atomic E-state index is 10.9. The molecule has 74 valence electrons. The predicted octanol–water partition coefficient (Wildman–Crippen LogP) is 2.27. The highest BCUT2D eigenvalue weighted by Gasteiger charge is 2.17. The molecular weight excluding hydrogens is 248 g/mol. The van der Waals surface area contributed by atoms with E-state index < -0.39 is 0 Å². The number of hydrogen-bond donors (Lipinski definition) is 0. The Morgan fingerprint density at radius 1 is 1.21 bits per heavy atom. The van der Waals surface area contributed by atoms with Gasteiger partial charge in [0.15, 0.2) is 6.29 Å². The van der Waals surface area contributed by atoms with E-state index in [0.29, 0.717) is 18.8 Å². The van der Waals surface area contributed by atoms with E-state index in [1.807, 2.05) is 12.1 Å². The minimum absolute atomic E-state index is 0.114. The second-order valence-corrected chi connectivity index (χ2v) is 3.69. The van der Waals surface area contributed by atoms with Crippen LogP contribution in [0.4, 0.5) is 0 Å². The first-order chi connectivity index (χ1) is 6.77. The van der Waals surface area contributed by atoms with Gasteiger partial charge in [-0.25, -0.2) is 0 Å². The van der Waals surface area contributed by atoms with Crippen molar-refractivity contribution in [3.8, 4) is 0 Å². The largest absolute Gasteiger partial charge is 0.346 e. The summed E-state index contributed by atoms with van der Waals surface area (Å²) in [7, 11) is 0. The molecule has 4 heteroatoms. The van der Waals surface area contributed by atoms with Crippen molar-refractivity contribution in [2.24, 2.45) is 0 Å². The van der Waals surface area contributed by atoms with E-state index >= 15 is 0 Å². The highest BCUT2D eigenvalue weighted by atomic mass is 79.9. The molecule has 1 fully saturated rings. The molecule has 0 bridgehead atoms. The summed E-state index contributed by atoms with van der Waals surface area (Å²) in [6.45, 7) is 1.26. The monoisotopic (exact) mass is 256 g/mol. The van der Waals surface area contributed by atoms with Crippen LogP contribution in [0.3, 0.4) is 0 Å². The van der Waals surface area contributed by atoms with Gasteiger partial charge in [-0.3, -0.25) is 4.79 Å². The van der Waals surface area contributed by atoms with Gasteiger partial charge in [-0.05, 0) is 15.9 Å². The van der Waals surface area contributed by atoms with Crippen LogP contribution in [0, 0.1) is 0 Å². The summed E-state index contributed by atoms with van der Waals surface area (Å²) in [6.07, 6.45) is -0.269. The van der Waals surface area contributed by atoms with Gasteiger partial charge in [0.05, 0.1) is 13.2 Å². The molecule has 1 aliphatic heterocycles. The minimum Gasteiger partial charge on any atom is -0.346 e. The molecule has 0 spiro atoms. The summed E-state index contributed by atoms with van der Waals surface area (Å²) in [5.41, 5.74) is 1.58. The van der Waals surface area contributed by atoms with E-state index in [0.717, 1.165) is 5.56 Å². The number of carbonyl (C=O) groups excluding carboxylic acids is 1. The van der Waals surface area contributed by atoms with Crippen LogP contribution < -0.4 is 0 Å². The van der Waals surface area contributed by atoms with Crippen molar-refractivity contribution < 1.29 is 14.3 Å². The number of rotatable bonds is 2. The van der Waals surface area contributed by atoms with Crippen LogP contribution >= 0.6 is 15.9 Å². The quantitative estimate of drug-likeness (QED) is 0.762. The third-order valence-corrected chi connectivity index (χ3v) is 2.49. The molecule has 0 amide bonds. The first kappa shape index (κ1) is 9.83. The lowest BCUT2D eigenvalue weighted by Crippen LogP contribution is -1.98. The molecule has 0 aromatic heterocycles. The van der Waals surface area contributed by atoms with Gasteiger partial charge in [-0.15, -0.1) is 0 Å². The molecule has 0 radical (unpaired) electrons. The van der Waals surface area contributed by atoms with Crippen LogP contribution in [0.15, 0.2) is 24.3 Å². The molecule has 0 N–H and O–H groups in total. The van der Waals surface area contributed by atoms with Crippen molar-refractivity contribution in [3.05, 3.63) is 35.4 Å². The lowest BCUT2D eigenvalue weighted by molar-refractivity contribution is -0.0441. The molecule has 1 heterocycles. The van der Waals surface area contributed by atoms with Gasteiger partial charge in [0, 0.05) is 11.1 Å². The smallest absolute Gasteiger partial charge is 0.228 e. The van der Waals surface area contributed by atoms with Crippen LogP contribution in [-0.2, 0) is 9.47 Å². The molecular formula is C10H9BrO3. The third kappa shape index (κ3) is 2.03. The molecule has 0 unspecified atom stereocenters. The second-order valence-electron chi connectivity index (χ2n) is 2.97. The third-order valence-electron chi connectivity index (χ3n) is 2.03. The maximum Gasteiger partial charge on any atom is 0.228 e. The lowest BCUT2D eigenvalue weighted by atomic mass is 10.1. The van der Waals surface area contributed by atoms with E-state index in [9.17, 15) is 4.79 Å².